The van der Waals surface area contributed by atoms with E-state index in [1.165, 1.54) is 12.1 Å². The lowest BCUT2D eigenvalue weighted by molar-refractivity contribution is -0.131. The topological polar surface area (TPSA) is 49.6 Å². The molecule has 1 aromatic heterocycles. The number of halogens is 1. The fourth-order valence-electron chi connectivity index (χ4n) is 3.36. The van der Waals surface area contributed by atoms with Crippen LogP contribution in [0.3, 0.4) is 0 Å². The van der Waals surface area contributed by atoms with Crippen LogP contribution in [0.25, 0.3) is 0 Å². The van der Waals surface area contributed by atoms with Crippen LogP contribution in [-0.4, -0.2) is 46.9 Å². The van der Waals surface area contributed by atoms with Gasteiger partial charge in [-0.1, -0.05) is 32.9 Å². The molecule has 0 bridgehead atoms. The number of rotatable bonds is 5. The standard InChI is InChI=1S/C22H30FN3O2/c1-22(2,3)19-15-24-20(28-19)16-25-11-4-12-26(14-13-25)21(27)10-7-17-5-8-18(23)9-6-17/h5-6,8-9,15H,4,7,10-14,16H2,1-3H3. The van der Waals surface area contributed by atoms with Gasteiger partial charge in [0.2, 0.25) is 11.8 Å². The first kappa shape index (κ1) is 20.5. The Morgan fingerprint density at radius 3 is 2.57 bits per heavy atom. The zero-order valence-corrected chi connectivity index (χ0v) is 17.1. The van der Waals surface area contributed by atoms with Crippen molar-refractivity contribution in [2.45, 2.75) is 52.0 Å². The summed E-state index contributed by atoms with van der Waals surface area (Å²) in [6.45, 7) is 10.2. The maximum absolute atomic E-state index is 13.0. The number of nitrogens with zero attached hydrogens (tertiary/aromatic N) is 3. The number of hydrogen-bond acceptors (Lipinski definition) is 4. The van der Waals surface area contributed by atoms with E-state index in [0.717, 1.165) is 49.8 Å². The van der Waals surface area contributed by atoms with Gasteiger partial charge in [-0.25, -0.2) is 9.37 Å². The van der Waals surface area contributed by atoms with Crippen LogP contribution in [0.5, 0.6) is 0 Å². The Labute approximate surface area is 166 Å². The van der Waals surface area contributed by atoms with Crippen LogP contribution < -0.4 is 0 Å². The molecule has 1 aliphatic rings. The van der Waals surface area contributed by atoms with Gasteiger partial charge in [-0.3, -0.25) is 9.69 Å². The Morgan fingerprint density at radius 2 is 1.89 bits per heavy atom. The lowest BCUT2D eigenvalue weighted by Crippen LogP contribution is -2.35. The summed E-state index contributed by atoms with van der Waals surface area (Å²) in [6.07, 6.45) is 3.86. The molecule has 0 N–H and O–H groups in total. The number of benzene rings is 1. The van der Waals surface area contributed by atoms with Gasteiger partial charge >= 0.3 is 0 Å². The molecule has 0 unspecified atom stereocenters. The number of oxazole rings is 1. The fraction of sp³-hybridized carbons (Fsp3) is 0.545. The first-order valence-electron chi connectivity index (χ1n) is 10.0. The number of carbonyl (C=O) groups excluding carboxylic acids is 1. The van der Waals surface area contributed by atoms with E-state index >= 15 is 0 Å². The number of aromatic nitrogens is 1. The minimum absolute atomic E-state index is 0.0439. The van der Waals surface area contributed by atoms with E-state index in [0.29, 0.717) is 19.4 Å². The molecule has 3 rings (SSSR count). The second-order valence-corrected chi connectivity index (χ2v) is 8.51. The number of aryl methyl sites for hydroxylation is 1. The van der Waals surface area contributed by atoms with Gasteiger partial charge in [0.15, 0.2) is 0 Å². The summed E-state index contributed by atoms with van der Waals surface area (Å²) in [4.78, 5) is 21.2. The second kappa shape index (κ2) is 8.86. The van der Waals surface area contributed by atoms with Crippen molar-refractivity contribution in [2.75, 3.05) is 26.2 Å². The molecule has 1 amide bonds. The molecule has 2 heterocycles. The van der Waals surface area contributed by atoms with Gasteiger partial charge in [-0.15, -0.1) is 0 Å². The SMILES string of the molecule is CC(C)(C)c1cnc(CN2CCCN(C(=O)CCc3ccc(F)cc3)CC2)o1. The highest BCUT2D eigenvalue weighted by Crippen LogP contribution is 2.23. The zero-order valence-electron chi connectivity index (χ0n) is 17.1. The van der Waals surface area contributed by atoms with E-state index in [9.17, 15) is 9.18 Å². The molecule has 0 saturated carbocycles. The van der Waals surface area contributed by atoms with E-state index < -0.39 is 0 Å². The van der Waals surface area contributed by atoms with Crippen molar-refractivity contribution in [2.24, 2.45) is 0 Å². The summed E-state index contributed by atoms with van der Waals surface area (Å²) in [6, 6.07) is 6.37. The second-order valence-electron chi connectivity index (χ2n) is 8.51. The van der Waals surface area contributed by atoms with Gasteiger partial charge in [0, 0.05) is 38.0 Å². The molecule has 1 saturated heterocycles. The molecule has 152 valence electrons. The number of carbonyl (C=O) groups is 1. The van der Waals surface area contributed by atoms with Crippen molar-refractivity contribution in [1.29, 1.82) is 0 Å². The van der Waals surface area contributed by atoms with Crippen LogP contribution in [0.2, 0.25) is 0 Å². The highest BCUT2D eigenvalue weighted by atomic mass is 19.1. The van der Waals surface area contributed by atoms with Crippen molar-refractivity contribution in [3.05, 3.63) is 53.5 Å². The summed E-state index contributed by atoms with van der Waals surface area (Å²) < 4.78 is 18.9. The van der Waals surface area contributed by atoms with E-state index in [1.807, 2.05) is 11.1 Å². The fourth-order valence-corrected chi connectivity index (χ4v) is 3.36. The van der Waals surface area contributed by atoms with Crippen molar-refractivity contribution in [3.8, 4) is 0 Å². The summed E-state index contributed by atoms with van der Waals surface area (Å²) in [5, 5.41) is 0. The lowest BCUT2D eigenvalue weighted by atomic mass is 9.94. The smallest absolute Gasteiger partial charge is 0.222 e. The van der Waals surface area contributed by atoms with Crippen molar-refractivity contribution in [3.63, 3.8) is 0 Å². The molecule has 2 aromatic rings. The number of amides is 1. The molecule has 28 heavy (non-hydrogen) atoms. The summed E-state index contributed by atoms with van der Waals surface area (Å²) in [5.41, 5.74) is 0.947. The summed E-state index contributed by atoms with van der Waals surface area (Å²) >= 11 is 0. The molecule has 0 atom stereocenters. The predicted octanol–water partition coefficient (Wildman–Crippen LogP) is 3.78. The molecule has 0 spiro atoms. The zero-order chi connectivity index (χ0) is 20.1. The quantitative estimate of drug-likeness (QED) is 0.783. The van der Waals surface area contributed by atoms with Gasteiger partial charge in [0.05, 0.1) is 12.7 Å². The van der Waals surface area contributed by atoms with E-state index in [2.05, 4.69) is 30.7 Å². The van der Waals surface area contributed by atoms with Crippen LogP contribution in [-0.2, 0) is 23.2 Å². The minimum Gasteiger partial charge on any atom is -0.444 e. The van der Waals surface area contributed by atoms with Crippen molar-refractivity contribution in [1.82, 2.24) is 14.8 Å². The van der Waals surface area contributed by atoms with E-state index in [1.54, 1.807) is 12.1 Å². The van der Waals surface area contributed by atoms with Gasteiger partial charge in [-0.2, -0.15) is 0 Å². The van der Waals surface area contributed by atoms with Gasteiger partial charge in [0.1, 0.15) is 11.6 Å². The Hall–Kier alpha value is -2.21. The minimum atomic E-state index is -0.247. The Balaban J connectivity index is 1.48. The summed E-state index contributed by atoms with van der Waals surface area (Å²) in [7, 11) is 0. The Kier molecular flexibility index (Phi) is 6.50. The molecule has 5 nitrogen and oxygen atoms in total. The average Bonchev–Trinajstić information content (AvgIpc) is 3.00. The van der Waals surface area contributed by atoms with Crippen molar-refractivity contribution >= 4 is 5.91 Å². The maximum Gasteiger partial charge on any atom is 0.222 e. The first-order valence-corrected chi connectivity index (χ1v) is 10.0. The normalized spacial score (nSPS) is 16.2. The lowest BCUT2D eigenvalue weighted by Gasteiger charge is -2.21. The average molecular weight is 387 g/mol. The van der Waals surface area contributed by atoms with E-state index in [4.69, 9.17) is 4.42 Å². The third kappa shape index (κ3) is 5.64. The highest BCUT2D eigenvalue weighted by Gasteiger charge is 2.22. The van der Waals surface area contributed by atoms with Gasteiger partial charge in [0.25, 0.3) is 0 Å². The van der Waals surface area contributed by atoms with Crippen molar-refractivity contribution < 1.29 is 13.6 Å². The van der Waals surface area contributed by atoms with Crippen LogP contribution >= 0.6 is 0 Å². The molecule has 1 fully saturated rings. The largest absolute Gasteiger partial charge is 0.444 e. The molecular weight excluding hydrogens is 357 g/mol. The highest BCUT2D eigenvalue weighted by molar-refractivity contribution is 5.76. The third-order valence-electron chi connectivity index (χ3n) is 5.13. The predicted molar refractivity (Wildman–Crippen MR) is 106 cm³/mol. The van der Waals surface area contributed by atoms with E-state index in [-0.39, 0.29) is 17.1 Å². The molecule has 0 radical (unpaired) electrons. The molecular formula is C22H30FN3O2. The molecule has 1 aliphatic heterocycles. The monoisotopic (exact) mass is 387 g/mol. The van der Waals surface area contributed by atoms with Gasteiger partial charge < -0.3 is 9.32 Å². The Bertz CT molecular complexity index is 780. The van der Waals surface area contributed by atoms with Crippen LogP contribution in [0.15, 0.2) is 34.9 Å². The first-order chi connectivity index (χ1) is 13.3. The Morgan fingerprint density at radius 1 is 1.14 bits per heavy atom. The van der Waals surface area contributed by atoms with Crippen LogP contribution in [0.1, 0.15) is 50.8 Å². The molecule has 0 aliphatic carbocycles. The van der Waals surface area contributed by atoms with Gasteiger partial charge in [-0.05, 0) is 30.5 Å². The number of hydrogen-bond donors (Lipinski definition) is 0. The van der Waals surface area contributed by atoms with Crippen LogP contribution in [0, 0.1) is 5.82 Å². The summed E-state index contributed by atoms with van der Waals surface area (Å²) in [5.74, 6) is 1.55. The molecule has 6 heteroatoms. The maximum atomic E-state index is 13.0. The van der Waals surface area contributed by atoms with Crippen LogP contribution in [0.4, 0.5) is 4.39 Å². The third-order valence-corrected chi connectivity index (χ3v) is 5.13. The molecule has 1 aromatic carbocycles.